The molecule has 1 aromatic heterocycles. The van der Waals surface area contributed by atoms with Crippen molar-refractivity contribution in [3.8, 4) is 11.5 Å². The second-order valence-corrected chi connectivity index (χ2v) is 5.22. The Balaban J connectivity index is 2.27. The summed E-state index contributed by atoms with van der Waals surface area (Å²) in [6.07, 6.45) is 2.66. The zero-order chi connectivity index (χ0) is 17.7. The van der Waals surface area contributed by atoms with E-state index in [0.29, 0.717) is 0 Å². The molecule has 0 unspecified atom stereocenters. The Hall–Kier alpha value is -2.12. The van der Waals surface area contributed by atoms with Crippen molar-refractivity contribution in [3.05, 3.63) is 46.2 Å². The molecule has 0 aliphatic heterocycles. The summed E-state index contributed by atoms with van der Waals surface area (Å²) in [6.45, 7) is -1.11. The second-order valence-electron chi connectivity index (χ2n) is 4.41. The van der Waals surface area contributed by atoms with Crippen LogP contribution in [0.2, 0.25) is 10.0 Å². The lowest BCUT2D eigenvalue weighted by atomic mass is 10.2. The van der Waals surface area contributed by atoms with Gasteiger partial charge in [0.25, 0.3) is 5.91 Å². The standard InChI is InChI=1S/C15H12Cl2F2N2O3/c1-2-23-12-5-8(3-4-11(12)24-15(18)19)14(22)21-13-9(16)6-20-7-10(13)17/h3-7,15H,2H2,1H3,(H,20,21,22). The summed E-state index contributed by atoms with van der Waals surface area (Å²) >= 11 is 11.9. The van der Waals surface area contributed by atoms with Crippen LogP contribution in [-0.4, -0.2) is 24.1 Å². The number of alkyl halides is 2. The fourth-order valence-corrected chi connectivity index (χ4v) is 2.29. The zero-order valence-electron chi connectivity index (χ0n) is 12.4. The van der Waals surface area contributed by atoms with Crippen molar-refractivity contribution in [2.24, 2.45) is 0 Å². The number of nitrogens with one attached hydrogen (secondary N) is 1. The van der Waals surface area contributed by atoms with E-state index < -0.39 is 12.5 Å². The largest absolute Gasteiger partial charge is 0.490 e. The van der Waals surface area contributed by atoms with E-state index in [2.05, 4.69) is 15.0 Å². The normalized spacial score (nSPS) is 10.6. The molecular formula is C15H12Cl2F2N2O3. The molecule has 24 heavy (non-hydrogen) atoms. The van der Waals surface area contributed by atoms with Gasteiger partial charge in [0.15, 0.2) is 11.5 Å². The first-order chi connectivity index (χ1) is 11.4. The van der Waals surface area contributed by atoms with Crippen LogP contribution in [0, 0.1) is 0 Å². The van der Waals surface area contributed by atoms with E-state index in [1.54, 1.807) is 6.92 Å². The molecule has 0 bridgehead atoms. The summed E-state index contributed by atoms with van der Waals surface area (Å²) in [5.74, 6) is -0.685. The first-order valence-electron chi connectivity index (χ1n) is 6.74. The topological polar surface area (TPSA) is 60.5 Å². The van der Waals surface area contributed by atoms with Gasteiger partial charge in [0.2, 0.25) is 0 Å². The van der Waals surface area contributed by atoms with Crippen LogP contribution in [0.1, 0.15) is 17.3 Å². The maximum Gasteiger partial charge on any atom is 0.387 e. The Morgan fingerprint density at radius 1 is 1.25 bits per heavy atom. The minimum Gasteiger partial charge on any atom is -0.490 e. The highest BCUT2D eigenvalue weighted by molar-refractivity contribution is 6.39. The van der Waals surface area contributed by atoms with Gasteiger partial charge < -0.3 is 14.8 Å². The quantitative estimate of drug-likeness (QED) is 0.797. The number of pyridine rings is 1. The molecule has 0 radical (unpaired) electrons. The molecule has 128 valence electrons. The summed E-state index contributed by atoms with van der Waals surface area (Å²) in [7, 11) is 0. The van der Waals surface area contributed by atoms with Crippen molar-refractivity contribution < 1.29 is 23.0 Å². The van der Waals surface area contributed by atoms with Gasteiger partial charge in [-0.15, -0.1) is 0 Å². The van der Waals surface area contributed by atoms with E-state index >= 15 is 0 Å². The lowest BCUT2D eigenvalue weighted by Gasteiger charge is -2.13. The maximum atomic E-state index is 12.4. The lowest BCUT2D eigenvalue weighted by Crippen LogP contribution is -2.13. The van der Waals surface area contributed by atoms with E-state index in [4.69, 9.17) is 27.9 Å². The van der Waals surface area contributed by atoms with Crippen molar-refractivity contribution in [1.82, 2.24) is 4.98 Å². The highest BCUT2D eigenvalue weighted by Gasteiger charge is 2.16. The van der Waals surface area contributed by atoms with E-state index in [-0.39, 0.29) is 39.4 Å². The molecule has 0 aliphatic rings. The van der Waals surface area contributed by atoms with Gasteiger partial charge in [0.05, 0.1) is 22.3 Å². The van der Waals surface area contributed by atoms with Crippen molar-refractivity contribution in [1.29, 1.82) is 0 Å². The summed E-state index contributed by atoms with van der Waals surface area (Å²) in [5, 5.41) is 2.87. The van der Waals surface area contributed by atoms with Crippen molar-refractivity contribution in [2.45, 2.75) is 13.5 Å². The molecule has 0 aliphatic carbocycles. The Bertz CT molecular complexity index is 724. The number of hydrogen-bond donors (Lipinski definition) is 1. The number of carbonyl (C=O) groups excluding carboxylic acids is 1. The molecule has 0 saturated heterocycles. The van der Waals surface area contributed by atoms with Crippen LogP contribution in [0.4, 0.5) is 14.5 Å². The van der Waals surface area contributed by atoms with Crippen LogP contribution in [0.25, 0.3) is 0 Å². The zero-order valence-corrected chi connectivity index (χ0v) is 13.9. The highest BCUT2D eigenvalue weighted by Crippen LogP contribution is 2.32. The van der Waals surface area contributed by atoms with Gasteiger partial charge in [0.1, 0.15) is 0 Å². The number of anilines is 1. The first-order valence-corrected chi connectivity index (χ1v) is 7.50. The lowest BCUT2D eigenvalue weighted by molar-refractivity contribution is -0.0514. The molecule has 1 amide bonds. The number of rotatable bonds is 6. The third kappa shape index (κ3) is 4.46. The second kappa shape index (κ2) is 8.12. The van der Waals surface area contributed by atoms with Crippen LogP contribution >= 0.6 is 23.2 Å². The predicted octanol–water partition coefficient (Wildman–Crippen LogP) is 4.64. The fraction of sp³-hybridized carbons (Fsp3) is 0.200. The number of ether oxygens (including phenoxy) is 2. The van der Waals surface area contributed by atoms with Crippen LogP contribution in [0.5, 0.6) is 11.5 Å². The Kier molecular flexibility index (Phi) is 6.16. The van der Waals surface area contributed by atoms with Gasteiger partial charge in [0, 0.05) is 18.0 Å². The number of amides is 1. The number of nitrogens with zero attached hydrogens (tertiary/aromatic N) is 1. The first kappa shape index (κ1) is 18.2. The van der Waals surface area contributed by atoms with E-state index in [1.165, 1.54) is 30.6 Å². The average molecular weight is 377 g/mol. The summed E-state index contributed by atoms with van der Waals surface area (Å²) in [6, 6.07) is 3.83. The molecule has 0 fully saturated rings. The van der Waals surface area contributed by atoms with E-state index in [0.717, 1.165) is 0 Å². The van der Waals surface area contributed by atoms with Crippen LogP contribution in [-0.2, 0) is 0 Å². The number of carbonyl (C=O) groups is 1. The monoisotopic (exact) mass is 376 g/mol. The molecule has 9 heteroatoms. The van der Waals surface area contributed by atoms with Gasteiger partial charge in [-0.05, 0) is 25.1 Å². The molecule has 1 aromatic carbocycles. The van der Waals surface area contributed by atoms with Crippen molar-refractivity contribution >= 4 is 34.8 Å². The van der Waals surface area contributed by atoms with Gasteiger partial charge in [-0.25, -0.2) is 0 Å². The number of hydrogen-bond acceptors (Lipinski definition) is 4. The molecule has 1 N–H and O–H groups in total. The smallest absolute Gasteiger partial charge is 0.387 e. The minimum absolute atomic E-state index is 0.0253. The molecule has 5 nitrogen and oxygen atoms in total. The summed E-state index contributed by atoms with van der Waals surface area (Å²) in [5.41, 5.74) is 0.355. The van der Waals surface area contributed by atoms with Gasteiger partial charge >= 0.3 is 6.61 Å². The van der Waals surface area contributed by atoms with Crippen molar-refractivity contribution in [3.63, 3.8) is 0 Å². The Morgan fingerprint density at radius 2 is 1.92 bits per heavy atom. The highest BCUT2D eigenvalue weighted by atomic mass is 35.5. The van der Waals surface area contributed by atoms with E-state index in [1.807, 2.05) is 0 Å². The van der Waals surface area contributed by atoms with Gasteiger partial charge in [-0.1, -0.05) is 23.2 Å². The average Bonchev–Trinajstić information content (AvgIpc) is 2.52. The minimum atomic E-state index is -3.00. The number of aromatic nitrogens is 1. The maximum absolute atomic E-state index is 12.4. The summed E-state index contributed by atoms with van der Waals surface area (Å²) < 4.78 is 34.3. The Labute approximate surface area is 146 Å². The Morgan fingerprint density at radius 3 is 2.50 bits per heavy atom. The molecular weight excluding hydrogens is 365 g/mol. The van der Waals surface area contributed by atoms with Crippen LogP contribution in [0.3, 0.4) is 0 Å². The number of benzene rings is 1. The SMILES string of the molecule is CCOc1cc(C(=O)Nc2c(Cl)cncc2Cl)ccc1OC(F)F. The predicted molar refractivity (Wildman–Crippen MR) is 86.5 cm³/mol. The van der Waals surface area contributed by atoms with Crippen LogP contribution < -0.4 is 14.8 Å². The molecule has 1 heterocycles. The van der Waals surface area contributed by atoms with E-state index in [9.17, 15) is 13.6 Å². The van der Waals surface area contributed by atoms with Crippen LogP contribution in [0.15, 0.2) is 30.6 Å². The molecule has 2 rings (SSSR count). The molecule has 0 spiro atoms. The summed E-state index contributed by atoms with van der Waals surface area (Å²) in [4.78, 5) is 16.1. The molecule has 0 atom stereocenters. The van der Waals surface area contributed by atoms with Gasteiger partial charge in [-0.2, -0.15) is 8.78 Å². The number of halogens is 4. The van der Waals surface area contributed by atoms with Crippen molar-refractivity contribution in [2.75, 3.05) is 11.9 Å². The third-order valence-electron chi connectivity index (χ3n) is 2.81. The fourth-order valence-electron chi connectivity index (χ4n) is 1.83. The third-order valence-corrected chi connectivity index (χ3v) is 3.39. The molecule has 0 saturated carbocycles. The molecule has 2 aromatic rings. The van der Waals surface area contributed by atoms with Gasteiger partial charge in [-0.3, -0.25) is 9.78 Å².